The van der Waals surface area contributed by atoms with Gasteiger partial charge in [0, 0.05) is 7.11 Å². The van der Waals surface area contributed by atoms with Crippen molar-refractivity contribution in [1.82, 2.24) is 20.2 Å². The molecule has 108 valence electrons. The molecule has 7 heteroatoms. The summed E-state index contributed by atoms with van der Waals surface area (Å²) >= 11 is 0. The predicted molar refractivity (Wildman–Crippen MR) is 75.3 cm³/mol. The van der Waals surface area contributed by atoms with Crippen molar-refractivity contribution < 1.29 is 9.47 Å². The van der Waals surface area contributed by atoms with Crippen LogP contribution in [0.15, 0.2) is 18.2 Å². The average molecular weight is 277 g/mol. The van der Waals surface area contributed by atoms with Crippen LogP contribution in [0, 0.1) is 0 Å². The summed E-state index contributed by atoms with van der Waals surface area (Å²) in [5, 5.41) is 11.8. The minimum absolute atomic E-state index is 0.00820. The van der Waals surface area contributed by atoms with Gasteiger partial charge in [-0.3, -0.25) is 0 Å². The van der Waals surface area contributed by atoms with Crippen molar-refractivity contribution in [1.29, 1.82) is 0 Å². The second-order valence-corrected chi connectivity index (χ2v) is 4.39. The summed E-state index contributed by atoms with van der Waals surface area (Å²) in [5.74, 6) is 1.22. The van der Waals surface area contributed by atoms with Crippen LogP contribution >= 0.6 is 0 Å². The zero-order chi connectivity index (χ0) is 14.5. The van der Waals surface area contributed by atoms with Gasteiger partial charge in [-0.05, 0) is 36.4 Å². The fourth-order valence-electron chi connectivity index (χ4n) is 1.87. The van der Waals surface area contributed by atoms with Crippen LogP contribution in [-0.2, 0) is 11.3 Å². The van der Waals surface area contributed by atoms with Crippen molar-refractivity contribution in [3.63, 3.8) is 0 Å². The highest BCUT2D eigenvalue weighted by atomic mass is 16.5. The summed E-state index contributed by atoms with van der Waals surface area (Å²) < 4.78 is 12.5. The van der Waals surface area contributed by atoms with Gasteiger partial charge >= 0.3 is 0 Å². The fourth-order valence-corrected chi connectivity index (χ4v) is 1.87. The Morgan fingerprint density at radius 3 is 2.90 bits per heavy atom. The quantitative estimate of drug-likeness (QED) is 0.802. The molecule has 0 amide bonds. The molecule has 0 aliphatic carbocycles. The number of hydrogen-bond acceptors (Lipinski definition) is 6. The zero-order valence-electron chi connectivity index (χ0n) is 11.9. The van der Waals surface area contributed by atoms with Gasteiger partial charge in [-0.25, -0.2) is 4.68 Å². The van der Waals surface area contributed by atoms with E-state index in [2.05, 4.69) is 15.5 Å². The predicted octanol–water partition coefficient (Wildman–Crippen LogP) is 1.36. The number of benzene rings is 1. The third-order valence-corrected chi connectivity index (χ3v) is 2.94. The molecule has 1 heterocycles. The summed E-state index contributed by atoms with van der Waals surface area (Å²) in [6, 6.07) is 5.54. The highest BCUT2D eigenvalue weighted by molar-refractivity contribution is 5.73. The fraction of sp³-hybridized carbons (Fsp3) is 0.462. The van der Waals surface area contributed by atoms with E-state index in [1.807, 2.05) is 26.0 Å². The van der Waals surface area contributed by atoms with Gasteiger partial charge in [-0.2, -0.15) is 0 Å². The lowest BCUT2D eigenvalue weighted by Gasteiger charge is -2.14. The van der Waals surface area contributed by atoms with Gasteiger partial charge in [0.15, 0.2) is 11.6 Å². The number of nitrogen functional groups attached to an aromatic ring is 1. The molecule has 1 aromatic heterocycles. The standard InChI is InChI=1S/C13H19N5O2/c1-4-20-12-10(6-5-7-11(12)14)13-15-16-17-18(13)8-9(2)19-3/h5-7,9H,4,8,14H2,1-3H3. The van der Waals surface area contributed by atoms with Gasteiger partial charge in [0.25, 0.3) is 0 Å². The molecule has 2 N–H and O–H groups in total. The van der Waals surface area contributed by atoms with Crippen LogP contribution < -0.4 is 10.5 Å². The Balaban J connectivity index is 2.42. The Hall–Kier alpha value is -2.15. The lowest BCUT2D eigenvalue weighted by Crippen LogP contribution is -2.17. The van der Waals surface area contributed by atoms with Crippen LogP contribution in [0.3, 0.4) is 0 Å². The minimum Gasteiger partial charge on any atom is -0.491 e. The molecule has 2 aromatic rings. The van der Waals surface area contributed by atoms with E-state index >= 15 is 0 Å². The molecule has 0 aliphatic rings. The lowest BCUT2D eigenvalue weighted by molar-refractivity contribution is 0.0997. The van der Waals surface area contributed by atoms with Gasteiger partial charge in [0.2, 0.25) is 0 Å². The number of aromatic nitrogens is 4. The molecule has 2 rings (SSSR count). The third kappa shape index (κ3) is 2.88. The molecule has 7 nitrogen and oxygen atoms in total. The van der Waals surface area contributed by atoms with Crippen LogP contribution in [-0.4, -0.2) is 40.0 Å². The van der Waals surface area contributed by atoms with Crippen molar-refractivity contribution in [3.05, 3.63) is 18.2 Å². The normalized spacial score (nSPS) is 12.3. The second-order valence-electron chi connectivity index (χ2n) is 4.39. The largest absolute Gasteiger partial charge is 0.491 e. The van der Waals surface area contributed by atoms with Gasteiger partial charge < -0.3 is 15.2 Å². The minimum atomic E-state index is 0.00820. The average Bonchev–Trinajstić information content (AvgIpc) is 2.89. The summed E-state index contributed by atoms with van der Waals surface area (Å²) in [6.45, 7) is 4.94. The molecule has 0 saturated heterocycles. The van der Waals surface area contributed by atoms with Gasteiger partial charge in [-0.15, -0.1) is 5.10 Å². The van der Waals surface area contributed by atoms with Crippen LogP contribution in [0.5, 0.6) is 5.75 Å². The van der Waals surface area contributed by atoms with E-state index in [-0.39, 0.29) is 6.10 Å². The Morgan fingerprint density at radius 2 is 2.20 bits per heavy atom. The van der Waals surface area contributed by atoms with Crippen LogP contribution in [0.4, 0.5) is 5.69 Å². The number of para-hydroxylation sites is 1. The van der Waals surface area contributed by atoms with E-state index in [9.17, 15) is 0 Å². The smallest absolute Gasteiger partial charge is 0.185 e. The number of rotatable bonds is 6. The Labute approximate surface area is 117 Å². The molecule has 1 aromatic carbocycles. The van der Waals surface area contributed by atoms with Crippen molar-refractivity contribution in [2.75, 3.05) is 19.5 Å². The Morgan fingerprint density at radius 1 is 1.40 bits per heavy atom. The lowest BCUT2D eigenvalue weighted by atomic mass is 10.1. The number of hydrogen-bond donors (Lipinski definition) is 1. The van der Waals surface area contributed by atoms with Gasteiger partial charge in [0.05, 0.1) is 30.5 Å². The highest BCUT2D eigenvalue weighted by Crippen LogP contribution is 2.33. The van der Waals surface area contributed by atoms with E-state index in [4.69, 9.17) is 15.2 Å². The number of nitrogens with two attached hydrogens (primary N) is 1. The van der Waals surface area contributed by atoms with Crippen molar-refractivity contribution in [3.8, 4) is 17.1 Å². The van der Waals surface area contributed by atoms with Crippen molar-refractivity contribution >= 4 is 5.69 Å². The molecule has 0 saturated carbocycles. The summed E-state index contributed by atoms with van der Waals surface area (Å²) in [7, 11) is 1.65. The van der Waals surface area contributed by atoms with E-state index in [0.29, 0.717) is 30.4 Å². The number of methoxy groups -OCH3 is 1. The molecule has 0 radical (unpaired) electrons. The molecule has 1 unspecified atom stereocenters. The Kier molecular flexibility index (Phi) is 4.52. The first-order valence-corrected chi connectivity index (χ1v) is 6.48. The number of ether oxygens (including phenoxy) is 2. The van der Waals surface area contributed by atoms with E-state index < -0.39 is 0 Å². The number of tetrazole rings is 1. The van der Waals surface area contributed by atoms with Crippen molar-refractivity contribution in [2.24, 2.45) is 0 Å². The van der Waals surface area contributed by atoms with Gasteiger partial charge in [-0.1, -0.05) is 6.07 Å². The molecule has 0 aliphatic heterocycles. The summed E-state index contributed by atoms with van der Waals surface area (Å²) in [6.07, 6.45) is 0.00820. The number of anilines is 1. The first-order valence-electron chi connectivity index (χ1n) is 6.48. The van der Waals surface area contributed by atoms with E-state index in [1.165, 1.54) is 0 Å². The van der Waals surface area contributed by atoms with Crippen LogP contribution in [0.2, 0.25) is 0 Å². The van der Waals surface area contributed by atoms with E-state index in [0.717, 1.165) is 5.56 Å². The molecule has 0 bridgehead atoms. The summed E-state index contributed by atoms with van der Waals surface area (Å²) in [5.41, 5.74) is 7.31. The highest BCUT2D eigenvalue weighted by Gasteiger charge is 2.17. The second kappa shape index (κ2) is 6.33. The maximum atomic E-state index is 5.96. The molecule has 0 spiro atoms. The first-order chi connectivity index (χ1) is 9.67. The van der Waals surface area contributed by atoms with Gasteiger partial charge in [0.1, 0.15) is 0 Å². The molecule has 20 heavy (non-hydrogen) atoms. The summed E-state index contributed by atoms with van der Waals surface area (Å²) in [4.78, 5) is 0. The molecule has 1 atom stereocenters. The Bertz CT molecular complexity index is 570. The molecule has 0 fully saturated rings. The zero-order valence-corrected chi connectivity index (χ0v) is 11.9. The van der Waals surface area contributed by atoms with Crippen LogP contribution in [0.25, 0.3) is 11.4 Å². The van der Waals surface area contributed by atoms with E-state index in [1.54, 1.807) is 17.9 Å². The SMILES string of the molecule is CCOc1c(N)cccc1-c1nnnn1CC(C)OC. The van der Waals surface area contributed by atoms with Crippen molar-refractivity contribution in [2.45, 2.75) is 26.5 Å². The third-order valence-electron chi connectivity index (χ3n) is 2.94. The first kappa shape index (κ1) is 14.3. The maximum Gasteiger partial charge on any atom is 0.185 e. The van der Waals surface area contributed by atoms with Crippen LogP contribution in [0.1, 0.15) is 13.8 Å². The number of nitrogens with zero attached hydrogens (tertiary/aromatic N) is 4. The maximum absolute atomic E-state index is 5.96. The monoisotopic (exact) mass is 277 g/mol. The molecular weight excluding hydrogens is 258 g/mol. The topological polar surface area (TPSA) is 88.1 Å². The molecular formula is C13H19N5O2.